The molecule has 0 saturated carbocycles. The van der Waals surface area contributed by atoms with Crippen LogP contribution in [0.25, 0.3) is 0 Å². The molecule has 19 heavy (non-hydrogen) atoms. The molecule has 1 aliphatic rings. The van der Waals surface area contributed by atoms with Crippen molar-refractivity contribution in [1.29, 1.82) is 0 Å². The topological polar surface area (TPSA) is 72.8 Å². The molecule has 1 heterocycles. The van der Waals surface area contributed by atoms with E-state index >= 15 is 0 Å². The Labute approximate surface area is 113 Å². The smallest absolute Gasteiger partial charge is 0.294 e. The van der Waals surface area contributed by atoms with Crippen LogP contribution in [0.3, 0.4) is 0 Å². The Kier molecular flexibility index (Phi) is 3.70. The first-order valence-electron chi connectivity index (χ1n) is 6.06. The molecule has 6 heteroatoms. The minimum Gasteiger partial charge on any atom is -0.348 e. The minimum absolute atomic E-state index is 0.0914. The molecular weight excluding hydrogens is 268 g/mol. The van der Waals surface area contributed by atoms with E-state index < -0.39 is 15.9 Å². The highest BCUT2D eigenvalue weighted by molar-refractivity contribution is 7.85. The van der Waals surface area contributed by atoms with E-state index in [4.69, 9.17) is 14.0 Å². The summed E-state index contributed by atoms with van der Waals surface area (Å²) in [6.07, 6.45) is 0.448. The molecule has 1 aromatic rings. The highest BCUT2D eigenvalue weighted by atomic mass is 32.2. The second-order valence-corrected chi connectivity index (χ2v) is 6.64. The Balaban J connectivity index is 2.21. The Bertz CT molecular complexity index is 577. The van der Waals surface area contributed by atoms with E-state index in [-0.39, 0.29) is 11.0 Å². The summed E-state index contributed by atoms with van der Waals surface area (Å²) in [5.74, 6) is -0.598. The van der Waals surface area contributed by atoms with Crippen LogP contribution in [0.4, 0.5) is 0 Å². The second kappa shape index (κ2) is 4.86. The summed E-state index contributed by atoms with van der Waals surface area (Å²) >= 11 is 0. The summed E-state index contributed by atoms with van der Waals surface area (Å²) in [6.45, 7) is 6.05. The van der Waals surface area contributed by atoms with Crippen LogP contribution >= 0.6 is 0 Å². The van der Waals surface area contributed by atoms with Crippen molar-refractivity contribution < 1.29 is 22.4 Å². The molecule has 1 unspecified atom stereocenters. The second-order valence-electron chi connectivity index (χ2n) is 5.22. The van der Waals surface area contributed by atoms with E-state index in [0.29, 0.717) is 13.0 Å². The molecule has 1 atom stereocenters. The molecule has 1 fully saturated rings. The molecule has 106 valence electrons. The van der Waals surface area contributed by atoms with Crippen molar-refractivity contribution in [3.05, 3.63) is 29.3 Å². The van der Waals surface area contributed by atoms with E-state index in [2.05, 4.69) is 0 Å². The molecule has 0 spiro atoms. The Morgan fingerprint density at radius 3 is 2.63 bits per heavy atom. The van der Waals surface area contributed by atoms with Gasteiger partial charge in [0.25, 0.3) is 10.1 Å². The van der Waals surface area contributed by atoms with Crippen molar-refractivity contribution in [2.24, 2.45) is 0 Å². The van der Waals surface area contributed by atoms with E-state index in [1.807, 2.05) is 20.8 Å². The highest BCUT2D eigenvalue weighted by Gasteiger charge is 2.32. The number of rotatable bonds is 3. The van der Waals surface area contributed by atoms with Gasteiger partial charge in [-0.05, 0) is 44.0 Å². The molecule has 1 saturated heterocycles. The van der Waals surface area contributed by atoms with Gasteiger partial charge >= 0.3 is 0 Å². The zero-order valence-corrected chi connectivity index (χ0v) is 12.0. The average Bonchev–Trinajstić information content (AvgIpc) is 2.60. The number of benzene rings is 1. The van der Waals surface area contributed by atoms with Crippen molar-refractivity contribution in [1.82, 2.24) is 0 Å². The fourth-order valence-corrected chi connectivity index (χ4v) is 2.67. The third-order valence-corrected chi connectivity index (χ3v) is 3.98. The third kappa shape index (κ3) is 3.54. The van der Waals surface area contributed by atoms with Crippen LogP contribution < -0.4 is 0 Å². The Morgan fingerprint density at radius 2 is 2.11 bits per heavy atom. The van der Waals surface area contributed by atoms with Crippen LogP contribution in [-0.4, -0.2) is 31.5 Å². The highest BCUT2D eigenvalue weighted by Crippen LogP contribution is 2.26. The van der Waals surface area contributed by atoms with Gasteiger partial charge in [-0.15, -0.1) is 0 Å². The summed E-state index contributed by atoms with van der Waals surface area (Å²) < 4.78 is 42.5. The van der Waals surface area contributed by atoms with Crippen molar-refractivity contribution in [2.75, 3.05) is 6.61 Å². The number of ether oxygens (including phenoxy) is 2. The van der Waals surface area contributed by atoms with Crippen LogP contribution in [0.1, 0.15) is 25.0 Å². The lowest BCUT2D eigenvalue weighted by Gasteiger charge is -2.17. The van der Waals surface area contributed by atoms with Crippen LogP contribution in [0.5, 0.6) is 0 Å². The fourth-order valence-electron chi connectivity index (χ4n) is 2.14. The maximum atomic E-state index is 11.1. The van der Waals surface area contributed by atoms with Gasteiger partial charge in [0.15, 0.2) is 5.79 Å². The van der Waals surface area contributed by atoms with Crippen molar-refractivity contribution in [2.45, 2.75) is 44.0 Å². The first kappa shape index (κ1) is 14.5. The molecule has 0 bridgehead atoms. The van der Waals surface area contributed by atoms with Gasteiger partial charge in [0, 0.05) is 6.42 Å². The third-order valence-electron chi connectivity index (χ3n) is 3.13. The van der Waals surface area contributed by atoms with Gasteiger partial charge in [-0.2, -0.15) is 8.42 Å². The van der Waals surface area contributed by atoms with Gasteiger partial charge in [0.05, 0.1) is 17.6 Å². The van der Waals surface area contributed by atoms with Crippen LogP contribution in [0, 0.1) is 6.92 Å². The zero-order valence-electron chi connectivity index (χ0n) is 11.2. The molecule has 0 radical (unpaired) electrons. The largest absolute Gasteiger partial charge is 0.348 e. The van der Waals surface area contributed by atoms with Gasteiger partial charge in [0.2, 0.25) is 0 Å². The van der Waals surface area contributed by atoms with Crippen molar-refractivity contribution in [3.8, 4) is 0 Å². The lowest BCUT2D eigenvalue weighted by molar-refractivity contribution is -0.138. The predicted octanol–water partition coefficient (Wildman–Crippen LogP) is 1.94. The average molecular weight is 286 g/mol. The molecular formula is C13H18O5S. The summed E-state index contributed by atoms with van der Waals surface area (Å²) in [5, 5.41) is 0. The molecule has 0 aliphatic carbocycles. The Hall–Kier alpha value is -0.950. The van der Waals surface area contributed by atoms with Crippen LogP contribution in [-0.2, 0) is 26.0 Å². The molecule has 2 rings (SSSR count). The first-order valence-corrected chi connectivity index (χ1v) is 7.50. The first-order chi connectivity index (χ1) is 8.67. The molecule has 1 aliphatic heterocycles. The van der Waals surface area contributed by atoms with E-state index in [0.717, 1.165) is 11.1 Å². The van der Waals surface area contributed by atoms with Crippen molar-refractivity contribution in [3.63, 3.8) is 0 Å². The Morgan fingerprint density at radius 1 is 1.42 bits per heavy atom. The zero-order chi connectivity index (χ0) is 14.3. The predicted molar refractivity (Wildman–Crippen MR) is 69.6 cm³/mol. The van der Waals surface area contributed by atoms with Crippen LogP contribution in [0.2, 0.25) is 0 Å². The fraction of sp³-hybridized carbons (Fsp3) is 0.538. The minimum atomic E-state index is -4.17. The van der Waals surface area contributed by atoms with E-state index in [1.54, 1.807) is 6.07 Å². The maximum Gasteiger partial charge on any atom is 0.294 e. The normalized spacial score (nSPS) is 22.6. The molecule has 5 nitrogen and oxygen atoms in total. The molecule has 0 amide bonds. The summed E-state index contributed by atoms with van der Waals surface area (Å²) in [7, 11) is -4.17. The maximum absolute atomic E-state index is 11.1. The SMILES string of the molecule is Cc1ccc(S(=O)(=O)O)cc1CC1COC(C)(C)O1. The van der Waals surface area contributed by atoms with Gasteiger partial charge < -0.3 is 9.47 Å². The van der Waals surface area contributed by atoms with Gasteiger partial charge in [0.1, 0.15) is 0 Å². The quantitative estimate of drug-likeness (QED) is 0.860. The van der Waals surface area contributed by atoms with Gasteiger partial charge in [-0.3, -0.25) is 4.55 Å². The monoisotopic (exact) mass is 286 g/mol. The molecule has 1 aromatic carbocycles. The lowest BCUT2D eigenvalue weighted by atomic mass is 10.0. The van der Waals surface area contributed by atoms with E-state index in [9.17, 15) is 8.42 Å². The van der Waals surface area contributed by atoms with Crippen LogP contribution in [0.15, 0.2) is 23.1 Å². The van der Waals surface area contributed by atoms with Gasteiger partial charge in [-0.25, -0.2) is 0 Å². The summed E-state index contributed by atoms with van der Waals surface area (Å²) in [4.78, 5) is -0.0914. The molecule has 1 N–H and O–H groups in total. The lowest BCUT2D eigenvalue weighted by Crippen LogP contribution is -2.22. The standard InChI is InChI=1S/C13H18O5S/c1-9-4-5-12(19(14,15)16)7-10(9)6-11-8-17-13(2,3)18-11/h4-5,7,11H,6,8H2,1-3H3,(H,14,15,16). The number of hydrogen-bond donors (Lipinski definition) is 1. The summed E-state index contributed by atoms with van der Waals surface area (Å²) in [6, 6.07) is 4.56. The molecule has 0 aromatic heterocycles. The van der Waals surface area contributed by atoms with E-state index in [1.165, 1.54) is 12.1 Å². The number of aryl methyl sites for hydroxylation is 1. The van der Waals surface area contributed by atoms with Crippen molar-refractivity contribution >= 4 is 10.1 Å². The number of hydrogen-bond acceptors (Lipinski definition) is 4. The summed E-state index contributed by atoms with van der Waals surface area (Å²) in [5.41, 5.74) is 1.79. The van der Waals surface area contributed by atoms with Gasteiger partial charge in [-0.1, -0.05) is 6.07 Å².